The van der Waals surface area contributed by atoms with Gasteiger partial charge in [0, 0.05) is 18.2 Å². The summed E-state index contributed by atoms with van der Waals surface area (Å²) < 4.78 is 0. The molecule has 0 aliphatic heterocycles. The first kappa shape index (κ1) is 12.4. The van der Waals surface area contributed by atoms with E-state index >= 15 is 0 Å². The van der Waals surface area contributed by atoms with E-state index in [1.54, 1.807) is 6.07 Å². The molecule has 0 aliphatic rings. The lowest BCUT2D eigenvalue weighted by molar-refractivity contribution is -0.385. The fraction of sp³-hybridized carbons (Fsp3) is 0.333. The first-order chi connectivity index (χ1) is 7.59. The van der Waals surface area contributed by atoms with Gasteiger partial charge in [-0.05, 0) is 12.5 Å². The van der Waals surface area contributed by atoms with Crippen LogP contribution in [0, 0.1) is 10.1 Å². The number of rotatable bonds is 6. The Labute approximate surface area is 95.8 Å². The van der Waals surface area contributed by atoms with Gasteiger partial charge in [0.25, 0.3) is 5.69 Å². The Morgan fingerprint density at radius 1 is 1.56 bits per heavy atom. The zero-order valence-corrected chi connectivity index (χ0v) is 9.14. The van der Waals surface area contributed by atoms with Gasteiger partial charge in [0.15, 0.2) is 0 Å². The van der Waals surface area contributed by atoms with E-state index in [0.717, 1.165) is 0 Å². The Morgan fingerprint density at radius 3 is 2.81 bits per heavy atom. The van der Waals surface area contributed by atoms with Crippen LogP contribution in [0.5, 0.6) is 0 Å². The van der Waals surface area contributed by atoms with Crippen molar-refractivity contribution in [3.63, 3.8) is 0 Å². The molecular weight excluding hydrogens is 232 g/mol. The number of carboxylic acid groups (broad SMARTS) is 1. The number of hydrogen-bond acceptors (Lipinski definition) is 5. The maximum atomic E-state index is 10.3. The predicted molar refractivity (Wildman–Crippen MR) is 58.5 cm³/mol. The Hall–Kier alpha value is -1.63. The van der Waals surface area contributed by atoms with Gasteiger partial charge in [-0.2, -0.15) is 0 Å². The van der Waals surface area contributed by atoms with Crippen LogP contribution in [-0.2, 0) is 4.79 Å². The van der Waals surface area contributed by atoms with E-state index in [9.17, 15) is 14.9 Å². The lowest BCUT2D eigenvalue weighted by Crippen LogP contribution is -1.95. The summed E-state index contributed by atoms with van der Waals surface area (Å²) in [5, 5.41) is 19.4. The maximum absolute atomic E-state index is 10.3. The molecule has 1 aromatic heterocycles. The molecule has 1 N–H and O–H groups in total. The van der Waals surface area contributed by atoms with Gasteiger partial charge >= 0.3 is 5.97 Å². The maximum Gasteiger partial charge on any atom is 0.303 e. The summed E-state index contributed by atoms with van der Waals surface area (Å²) in [6, 6.07) is 2.94. The van der Waals surface area contributed by atoms with Crippen molar-refractivity contribution in [1.29, 1.82) is 0 Å². The minimum Gasteiger partial charge on any atom is -0.481 e. The smallest absolute Gasteiger partial charge is 0.303 e. The topological polar surface area (TPSA) is 93.3 Å². The van der Waals surface area contributed by atoms with Crippen LogP contribution in [-0.4, -0.2) is 26.7 Å². The molecule has 16 heavy (non-hydrogen) atoms. The lowest BCUT2D eigenvalue weighted by atomic mass is 10.3. The second-order valence-electron chi connectivity index (χ2n) is 2.96. The minimum absolute atomic E-state index is 0.0464. The largest absolute Gasteiger partial charge is 0.481 e. The molecule has 0 saturated carbocycles. The molecule has 1 heterocycles. The summed E-state index contributed by atoms with van der Waals surface area (Å²) in [5.74, 6) is -0.186. The van der Waals surface area contributed by atoms with Crippen LogP contribution in [0.4, 0.5) is 5.69 Å². The molecule has 7 heteroatoms. The number of nitro groups is 1. The molecule has 0 fully saturated rings. The molecule has 0 aromatic carbocycles. The average Bonchev–Trinajstić information content (AvgIpc) is 2.25. The molecule has 0 amide bonds. The molecule has 6 nitrogen and oxygen atoms in total. The first-order valence-corrected chi connectivity index (χ1v) is 5.53. The summed E-state index contributed by atoms with van der Waals surface area (Å²) in [5.41, 5.74) is -0.0464. The summed E-state index contributed by atoms with van der Waals surface area (Å²) >= 11 is 1.39. The molecule has 0 spiro atoms. The minimum atomic E-state index is -0.822. The monoisotopic (exact) mass is 242 g/mol. The summed E-state index contributed by atoms with van der Waals surface area (Å²) in [4.78, 5) is 24.0. The number of carboxylic acids is 1. The second kappa shape index (κ2) is 6.06. The second-order valence-corrected chi connectivity index (χ2v) is 4.07. The van der Waals surface area contributed by atoms with E-state index in [2.05, 4.69) is 4.98 Å². The molecule has 0 unspecified atom stereocenters. The summed E-state index contributed by atoms with van der Waals surface area (Å²) in [6.45, 7) is 0. The number of aliphatic carboxylic acids is 1. The third-order valence-electron chi connectivity index (χ3n) is 1.72. The lowest BCUT2D eigenvalue weighted by Gasteiger charge is -1.98. The fourth-order valence-electron chi connectivity index (χ4n) is 0.966. The highest BCUT2D eigenvalue weighted by atomic mass is 32.2. The molecule has 86 valence electrons. The number of aromatic nitrogens is 1. The normalized spacial score (nSPS) is 10.0. The van der Waals surface area contributed by atoms with Crippen molar-refractivity contribution in [2.45, 2.75) is 17.9 Å². The third-order valence-corrected chi connectivity index (χ3v) is 2.75. The number of hydrogen-bond donors (Lipinski definition) is 1. The number of thioether (sulfide) groups is 1. The van der Waals surface area contributed by atoms with Gasteiger partial charge in [-0.25, -0.2) is 4.98 Å². The van der Waals surface area contributed by atoms with Gasteiger partial charge in [-0.3, -0.25) is 14.9 Å². The summed E-state index contributed by atoms with van der Waals surface area (Å²) in [7, 11) is 0. The van der Waals surface area contributed by atoms with Crippen molar-refractivity contribution in [3.8, 4) is 0 Å². The van der Waals surface area contributed by atoms with E-state index < -0.39 is 10.9 Å². The Kier molecular flexibility index (Phi) is 4.71. The van der Waals surface area contributed by atoms with Crippen molar-refractivity contribution in [2.75, 3.05) is 5.75 Å². The fourth-order valence-corrected chi connectivity index (χ4v) is 1.76. The van der Waals surface area contributed by atoms with Gasteiger partial charge in [0.05, 0.1) is 9.95 Å². The molecule has 0 radical (unpaired) electrons. The van der Waals surface area contributed by atoms with Gasteiger partial charge < -0.3 is 5.11 Å². The van der Waals surface area contributed by atoms with Crippen LogP contribution in [0.15, 0.2) is 23.4 Å². The van der Waals surface area contributed by atoms with Crippen molar-refractivity contribution in [2.24, 2.45) is 0 Å². The number of carbonyl (C=O) groups is 1. The van der Waals surface area contributed by atoms with Crippen LogP contribution in [0.1, 0.15) is 12.8 Å². The Morgan fingerprint density at radius 2 is 2.31 bits per heavy atom. The van der Waals surface area contributed by atoms with Crippen molar-refractivity contribution in [3.05, 3.63) is 28.4 Å². The van der Waals surface area contributed by atoms with Gasteiger partial charge in [0.1, 0.15) is 6.20 Å². The number of pyridine rings is 1. The van der Waals surface area contributed by atoms with Crippen LogP contribution in [0.25, 0.3) is 0 Å². The average molecular weight is 242 g/mol. The predicted octanol–water partition coefficient (Wildman–Crippen LogP) is 1.95. The van der Waals surface area contributed by atoms with Crippen molar-refractivity contribution >= 4 is 23.4 Å². The molecule has 0 saturated heterocycles. The highest BCUT2D eigenvalue weighted by Crippen LogP contribution is 2.19. The molecule has 1 rings (SSSR count). The molecule has 0 aliphatic carbocycles. The van der Waals surface area contributed by atoms with Gasteiger partial charge in [-0.1, -0.05) is 0 Å². The van der Waals surface area contributed by atoms with Crippen LogP contribution in [0.3, 0.4) is 0 Å². The zero-order valence-electron chi connectivity index (χ0n) is 8.33. The SMILES string of the molecule is O=C(O)CCCSc1ccc([N+](=O)[O-])cn1. The molecule has 0 atom stereocenters. The third kappa shape index (κ3) is 4.26. The Balaban J connectivity index is 2.38. The van der Waals surface area contributed by atoms with E-state index in [0.29, 0.717) is 17.2 Å². The highest BCUT2D eigenvalue weighted by molar-refractivity contribution is 7.99. The van der Waals surface area contributed by atoms with E-state index in [1.807, 2.05) is 0 Å². The van der Waals surface area contributed by atoms with E-state index in [-0.39, 0.29) is 12.1 Å². The quantitative estimate of drug-likeness (QED) is 0.354. The van der Waals surface area contributed by atoms with Crippen LogP contribution < -0.4 is 0 Å². The van der Waals surface area contributed by atoms with Crippen LogP contribution in [0.2, 0.25) is 0 Å². The molecule has 0 bridgehead atoms. The number of nitrogens with zero attached hydrogens (tertiary/aromatic N) is 2. The van der Waals surface area contributed by atoms with Crippen molar-refractivity contribution < 1.29 is 14.8 Å². The standard InChI is InChI=1S/C9H10N2O4S/c12-9(13)2-1-5-16-8-4-3-7(6-10-8)11(14)15/h3-4,6H,1-2,5H2,(H,12,13). The summed E-state index contributed by atoms with van der Waals surface area (Å²) in [6.07, 6.45) is 1.87. The first-order valence-electron chi connectivity index (χ1n) is 4.54. The zero-order chi connectivity index (χ0) is 12.0. The van der Waals surface area contributed by atoms with Gasteiger partial charge in [-0.15, -0.1) is 11.8 Å². The van der Waals surface area contributed by atoms with Gasteiger partial charge in [0.2, 0.25) is 0 Å². The Bertz CT molecular complexity index is 380. The van der Waals surface area contributed by atoms with E-state index in [4.69, 9.17) is 5.11 Å². The van der Waals surface area contributed by atoms with Crippen molar-refractivity contribution in [1.82, 2.24) is 4.98 Å². The molecular formula is C9H10N2O4S. The van der Waals surface area contributed by atoms with E-state index in [1.165, 1.54) is 24.0 Å². The van der Waals surface area contributed by atoms with Crippen LogP contribution >= 0.6 is 11.8 Å². The highest BCUT2D eigenvalue weighted by Gasteiger charge is 2.05. The molecule has 1 aromatic rings.